The van der Waals surface area contributed by atoms with Gasteiger partial charge in [-0.3, -0.25) is 0 Å². The SMILES string of the molecule is CCO[C@H](C)c1nccn1C[C@@H](O)c1ccccc1F. The Balaban J connectivity index is 2.15. The van der Waals surface area contributed by atoms with E-state index >= 15 is 0 Å². The molecule has 0 amide bonds. The molecule has 1 N–H and O–H groups in total. The molecule has 0 fully saturated rings. The van der Waals surface area contributed by atoms with Gasteiger partial charge >= 0.3 is 0 Å². The van der Waals surface area contributed by atoms with Crippen LogP contribution in [0.25, 0.3) is 0 Å². The molecule has 0 aliphatic rings. The van der Waals surface area contributed by atoms with Crippen LogP contribution in [0.3, 0.4) is 0 Å². The van der Waals surface area contributed by atoms with Crippen molar-refractivity contribution in [3.8, 4) is 0 Å². The van der Waals surface area contributed by atoms with Crippen molar-refractivity contribution in [1.29, 1.82) is 0 Å². The number of rotatable bonds is 6. The highest BCUT2D eigenvalue weighted by molar-refractivity contribution is 5.19. The van der Waals surface area contributed by atoms with Gasteiger partial charge in [0.05, 0.1) is 12.6 Å². The summed E-state index contributed by atoms with van der Waals surface area (Å²) in [7, 11) is 0. The lowest BCUT2D eigenvalue weighted by Crippen LogP contribution is -2.15. The molecule has 4 nitrogen and oxygen atoms in total. The first kappa shape index (κ1) is 14.7. The zero-order valence-corrected chi connectivity index (χ0v) is 11.7. The van der Waals surface area contributed by atoms with Crippen LogP contribution < -0.4 is 0 Å². The van der Waals surface area contributed by atoms with E-state index in [1.165, 1.54) is 6.07 Å². The van der Waals surface area contributed by atoms with Crippen LogP contribution in [0.1, 0.15) is 37.4 Å². The highest BCUT2D eigenvalue weighted by Gasteiger charge is 2.17. The molecule has 2 rings (SSSR count). The van der Waals surface area contributed by atoms with Crippen LogP contribution in [0.4, 0.5) is 4.39 Å². The summed E-state index contributed by atoms with van der Waals surface area (Å²) in [5.74, 6) is 0.321. The van der Waals surface area contributed by atoms with E-state index in [1.54, 1.807) is 35.2 Å². The second-order valence-electron chi connectivity index (χ2n) is 4.57. The average Bonchev–Trinajstić information content (AvgIpc) is 2.87. The van der Waals surface area contributed by atoms with Gasteiger partial charge in [0, 0.05) is 24.6 Å². The van der Waals surface area contributed by atoms with Crippen LogP contribution >= 0.6 is 0 Å². The molecule has 2 atom stereocenters. The molecule has 0 radical (unpaired) electrons. The average molecular weight is 278 g/mol. The van der Waals surface area contributed by atoms with Crippen LogP contribution in [0.5, 0.6) is 0 Å². The number of aliphatic hydroxyl groups excluding tert-OH is 1. The Bertz CT molecular complexity index is 556. The number of aliphatic hydroxyl groups is 1. The maximum Gasteiger partial charge on any atom is 0.137 e. The molecule has 0 aliphatic heterocycles. The predicted octanol–water partition coefficient (Wildman–Crippen LogP) is 2.85. The molecule has 5 heteroatoms. The van der Waals surface area contributed by atoms with Gasteiger partial charge in [-0.25, -0.2) is 9.37 Å². The molecular formula is C15H19FN2O2. The lowest BCUT2D eigenvalue weighted by molar-refractivity contribution is 0.0642. The molecular weight excluding hydrogens is 259 g/mol. The molecule has 0 saturated heterocycles. The fourth-order valence-corrected chi connectivity index (χ4v) is 2.19. The zero-order chi connectivity index (χ0) is 14.5. The van der Waals surface area contributed by atoms with Gasteiger partial charge in [0.2, 0.25) is 0 Å². The van der Waals surface area contributed by atoms with Gasteiger partial charge in [0.25, 0.3) is 0 Å². The van der Waals surface area contributed by atoms with Crippen LogP contribution in [0.2, 0.25) is 0 Å². The van der Waals surface area contributed by atoms with Crippen molar-refractivity contribution in [2.24, 2.45) is 0 Å². The zero-order valence-electron chi connectivity index (χ0n) is 11.7. The molecule has 0 spiro atoms. The summed E-state index contributed by atoms with van der Waals surface area (Å²) in [6, 6.07) is 6.24. The predicted molar refractivity (Wildman–Crippen MR) is 73.6 cm³/mol. The minimum atomic E-state index is -0.919. The highest BCUT2D eigenvalue weighted by Crippen LogP contribution is 2.21. The molecule has 0 unspecified atom stereocenters. The third-order valence-electron chi connectivity index (χ3n) is 3.16. The molecule has 0 bridgehead atoms. The summed E-state index contributed by atoms with van der Waals surface area (Å²) in [4.78, 5) is 4.24. The number of halogens is 1. The largest absolute Gasteiger partial charge is 0.386 e. The molecule has 108 valence electrons. The first-order valence-corrected chi connectivity index (χ1v) is 6.68. The molecule has 2 aromatic rings. The molecule has 0 saturated carbocycles. The van der Waals surface area contributed by atoms with Gasteiger partial charge in [0.1, 0.15) is 17.7 Å². The Morgan fingerprint density at radius 2 is 2.15 bits per heavy atom. The normalized spacial score (nSPS) is 14.2. The van der Waals surface area contributed by atoms with E-state index < -0.39 is 11.9 Å². The van der Waals surface area contributed by atoms with Crippen LogP contribution in [0, 0.1) is 5.82 Å². The van der Waals surface area contributed by atoms with Crippen molar-refractivity contribution in [3.05, 3.63) is 53.9 Å². The van der Waals surface area contributed by atoms with Gasteiger partial charge in [-0.15, -0.1) is 0 Å². The molecule has 1 aromatic carbocycles. The van der Waals surface area contributed by atoms with E-state index in [0.717, 1.165) is 5.82 Å². The van der Waals surface area contributed by atoms with Crippen molar-refractivity contribution < 1.29 is 14.2 Å². The van der Waals surface area contributed by atoms with Crippen molar-refractivity contribution >= 4 is 0 Å². The fourth-order valence-electron chi connectivity index (χ4n) is 2.19. The summed E-state index contributed by atoms with van der Waals surface area (Å²) in [6.07, 6.45) is 2.33. The summed E-state index contributed by atoms with van der Waals surface area (Å²) < 4.78 is 20.9. The van der Waals surface area contributed by atoms with Crippen LogP contribution in [-0.2, 0) is 11.3 Å². The third-order valence-corrected chi connectivity index (χ3v) is 3.16. The summed E-state index contributed by atoms with van der Waals surface area (Å²) >= 11 is 0. The van der Waals surface area contributed by atoms with Gasteiger partial charge in [-0.2, -0.15) is 0 Å². The maximum absolute atomic E-state index is 13.6. The van der Waals surface area contributed by atoms with Gasteiger partial charge in [-0.1, -0.05) is 18.2 Å². The van der Waals surface area contributed by atoms with Crippen molar-refractivity contribution in [2.45, 2.75) is 32.6 Å². The van der Waals surface area contributed by atoms with Crippen molar-refractivity contribution in [1.82, 2.24) is 9.55 Å². The molecule has 1 aromatic heterocycles. The molecule has 1 heterocycles. The Morgan fingerprint density at radius 3 is 2.85 bits per heavy atom. The topological polar surface area (TPSA) is 47.3 Å². The van der Waals surface area contributed by atoms with Crippen molar-refractivity contribution in [3.63, 3.8) is 0 Å². The lowest BCUT2D eigenvalue weighted by atomic mass is 10.1. The standard InChI is InChI=1S/C15H19FN2O2/c1-3-20-11(2)15-17-8-9-18(15)10-14(19)12-6-4-5-7-13(12)16/h4-9,11,14,19H,3,10H2,1-2H3/t11-,14-/m1/s1. The number of benzene rings is 1. The maximum atomic E-state index is 13.6. The van der Waals surface area contributed by atoms with Crippen LogP contribution in [0.15, 0.2) is 36.7 Å². The second kappa shape index (κ2) is 6.63. The number of ether oxygens (including phenoxy) is 1. The van der Waals surface area contributed by atoms with Gasteiger partial charge in [0.15, 0.2) is 0 Å². The Kier molecular flexibility index (Phi) is 4.87. The van der Waals surface area contributed by atoms with Crippen LogP contribution in [-0.4, -0.2) is 21.3 Å². The first-order valence-electron chi connectivity index (χ1n) is 6.68. The lowest BCUT2D eigenvalue weighted by Gasteiger charge is -2.17. The summed E-state index contributed by atoms with van der Waals surface area (Å²) in [6.45, 7) is 4.65. The number of nitrogens with zero attached hydrogens (tertiary/aromatic N) is 2. The fraction of sp³-hybridized carbons (Fsp3) is 0.400. The smallest absolute Gasteiger partial charge is 0.137 e. The van der Waals surface area contributed by atoms with E-state index in [2.05, 4.69) is 4.98 Å². The van der Waals surface area contributed by atoms with Gasteiger partial charge in [-0.05, 0) is 19.9 Å². The minimum Gasteiger partial charge on any atom is -0.386 e. The number of imidazole rings is 1. The van der Waals surface area contributed by atoms with E-state index in [-0.39, 0.29) is 18.2 Å². The number of aromatic nitrogens is 2. The Morgan fingerprint density at radius 1 is 1.40 bits per heavy atom. The minimum absolute atomic E-state index is 0.164. The highest BCUT2D eigenvalue weighted by atomic mass is 19.1. The Labute approximate surface area is 117 Å². The monoisotopic (exact) mass is 278 g/mol. The second-order valence-corrected chi connectivity index (χ2v) is 4.57. The number of hydrogen-bond acceptors (Lipinski definition) is 3. The third kappa shape index (κ3) is 3.23. The van der Waals surface area contributed by atoms with E-state index in [4.69, 9.17) is 4.74 Å². The van der Waals surface area contributed by atoms with Gasteiger partial charge < -0.3 is 14.4 Å². The first-order chi connectivity index (χ1) is 9.63. The van der Waals surface area contributed by atoms with E-state index in [1.807, 2.05) is 13.8 Å². The summed E-state index contributed by atoms with van der Waals surface area (Å²) in [5, 5.41) is 10.2. The molecule has 0 aliphatic carbocycles. The van der Waals surface area contributed by atoms with E-state index in [0.29, 0.717) is 6.61 Å². The van der Waals surface area contributed by atoms with Crippen molar-refractivity contribution in [2.75, 3.05) is 6.61 Å². The Hall–Kier alpha value is -1.72. The quantitative estimate of drug-likeness (QED) is 0.884. The van der Waals surface area contributed by atoms with E-state index in [9.17, 15) is 9.50 Å². The molecule has 20 heavy (non-hydrogen) atoms. The number of hydrogen-bond donors (Lipinski definition) is 1. The summed E-state index contributed by atoms with van der Waals surface area (Å²) in [5.41, 5.74) is 0.288.